The van der Waals surface area contributed by atoms with Crippen LogP contribution in [0.4, 0.5) is 0 Å². The summed E-state index contributed by atoms with van der Waals surface area (Å²) in [5.74, 6) is 0. The van der Waals surface area contributed by atoms with Crippen molar-refractivity contribution >= 4 is 6.21 Å². The predicted molar refractivity (Wildman–Crippen MR) is 47.2 cm³/mol. The highest BCUT2D eigenvalue weighted by atomic mass is 15.2. The molecular weight excluding hydrogens is 136 g/mol. The maximum absolute atomic E-state index is 4.34. The van der Waals surface area contributed by atoms with Gasteiger partial charge in [-0.05, 0) is 19.4 Å². The van der Waals surface area contributed by atoms with Crippen LogP contribution in [0.1, 0.15) is 25.7 Å². The van der Waals surface area contributed by atoms with Gasteiger partial charge in [0.2, 0.25) is 0 Å². The van der Waals surface area contributed by atoms with E-state index in [0.29, 0.717) is 6.04 Å². The summed E-state index contributed by atoms with van der Waals surface area (Å²) in [7, 11) is 0. The van der Waals surface area contributed by atoms with Crippen molar-refractivity contribution in [1.29, 1.82) is 0 Å². The molecule has 2 aliphatic rings. The molecule has 0 saturated carbocycles. The Morgan fingerprint density at radius 2 is 2.18 bits per heavy atom. The highest BCUT2D eigenvalue weighted by Gasteiger charge is 2.20. The lowest BCUT2D eigenvalue weighted by Gasteiger charge is -2.29. The topological polar surface area (TPSA) is 15.6 Å². The Bertz CT molecular complexity index is 154. The zero-order valence-electron chi connectivity index (χ0n) is 7.00. The molecule has 1 saturated heterocycles. The molecule has 0 aliphatic carbocycles. The second-order valence-electron chi connectivity index (χ2n) is 3.51. The van der Waals surface area contributed by atoms with E-state index in [0.717, 1.165) is 6.54 Å². The average Bonchev–Trinajstić information content (AvgIpc) is 2.28. The van der Waals surface area contributed by atoms with Gasteiger partial charge < -0.3 is 0 Å². The fourth-order valence-electron chi connectivity index (χ4n) is 2.02. The van der Waals surface area contributed by atoms with Crippen LogP contribution in [0.15, 0.2) is 4.99 Å². The first-order valence-electron chi connectivity index (χ1n) is 4.71. The van der Waals surface area contributed by atoms with Crippen LogP contribution in [0, 0.1) is 0 Å². The minimum Gasteiger partial charge on any atom is -0.295 e. The third-order valence-electron chi connectivity index (χ3n) is 2.71. The Balaban J connectivity index is 2.02. The van der Waals surface area contributed by atoms with Gasteiger partial charge >= 0.3 is 0 Å². The molecular formula is C9H16N2. The van der Waals surface area contributed by atoms with E-state index in [1.807, 2.05) is 0 Å². The van der Waals surface area contributed by atoms with Crippen molar-refractivity contribution in [3.05, 3.63) is 0 Å². The third kappa shape index (κ3) is 1.62. The van der Waals surface area contributed by atoms with E-state index in [4.69, 9.17) is 0 Å². The minimum absolute atomic E-state index is 0.686. The largest absolute Gasteiger partial charge is 0.295 e. The van der Waals surface area contributed by atoms with Crippen LogP contribution in [0.25, 0.3) is 0 Å². The molecule has 0 N–H and O–H groups in total. The Morgan fingerprint density at radius 3 is 3.18 bits per heavy atom. The van der Waals surface area contributed by atoms with E-state index < -0.39 is 0 Å². The molecule has 11 heavy (non-hydrogen) atoms. The summed E-state index contributed by atoms with van der Waals surface area (Å²) in [4.78, 5) is 6.92. The van der Waals surface area contributed by atoms with Gasteiger partial charge in [-0.25, -0.2) is 0 Å². The second kappa shape index (κ2) is 3.35. The molecule has 0 spiro atoms. The van der Waals surface area contributed by atoms with Crippen molar-refractivity contribution in [1.82, 2.24) is 4.90 Å². The van der Waals surface area contributed by atoms with Crippen molar-refractivity contribution in [3.8, 4) is 0 Å². The second-order valence-corrected chi connectivity index (χ2v) is 3.51. The van der Waals surface area contributed by atoms with E-state index in [2.05, 4.69) is 16.1 Å². The van der Waals surface area contributed by atoms with Gasteiger partial charge in [0, 0.05) is 18.8 Å². The van der Waals surface area contributed by atoms with Crippen LogP contribution in [0.2, 0.25) is 0 Å². The standard InChI is InChI=1S/C9H16N2/c1-2-4-9-8-10-5-7-11(9)6-3-1/h8-9H,1-7H2. The van der Waals surface area contributed by atoms with Gasteiger partial charge in [0.1, 0.15) is 0 Å². The molecule has 0 aromatic carbocycles. The summed E-state index contributed by atoms with van der Waals surface area (Å²) in [5, 5.41) is 0. The van der Waals surface area contributed by atoms with Gasteiger partial charge in [-0.2, -0.15) is 0 Å². The van der Waals surface area contributed by atoms with Gasteiger partial charge in [0.25, 0.3) is 0 Å². The number of hydrogen-bond acceptors (Lipinski definition) is 2. The van der Waals surface area contributed by atoms with Crippen molar-refractivity contribution in [2.75, 3.05) is 19.6 Å². The van der Waals surface area contributed by atoms with Gasteiger partial charge in [-0.15, -0.1) is 0 Å². The van der Waals surface area contributed by atoms with E-state index in [1.54, 1.807) is 0 Å². The number of nitrogens with zero attached hydrogens (tertiary/aromatic N) is 2. The third-order valence-corrected chi connectivity index (χ3v) is 2.71. The molecule has 1 atom stereocenters. The fraction of sp³-hybridized carbons (Fsp3) is 0.889. The van der Waals surface area contributed by atoms with Gasteiger partial charge in [-0.1, -0.05) is 12.8 Å². The molecule has 2 heteroatoms. The van der Waals surface area contributed by atoms with Crippen LogP contribution >= 0.6 is 0 Å². The molecule has 0 aromatic heterocycles. The Hall–Kier alpha value is -0.370. The van der Waals surface area contributed by atoms with Gasteiger partial charge in [0.05, 0.1) is 6.54 Å². The number of fused-ring (bicyclic) bond motifs is 1. The Morgan fingerprint density at radius 1 is 1.18 bits per heavy atom. The summed E-state index contributed by atoms with van der Waals surface area (Å²) < 4.78 is 0. The van der Waals surface area contributed by atoms with Crippen LogP contribution in [0.3, 0.4) is 0 Å². The summed E-state index contributed by atoms with van der Waals surface area (Å²) in [6, 6.07) is 0.686. The average molecular weight is 152 g/mol. The zero-order valence-corrected chi connectivity index (χ0v) is 7.00. The van der Waals surface area contributed by atoms with Crippen LogP contribution < -0.4 is 0 Å². The predicted octanol–water partition coefficient (Wildman–Crippen LogP) is 1.32. The SMILES string of the molecule is C1=NCCN2CCCCCC12. The number of hydrogen-bond donors (Lipinski definition) is 0. The first-order chi connectivity index (χ1) is 5.47. The number of rotatable bonds is 0. The maximum Gasteiger partial charge on any atom is 0.0513 e. The molecule has 62 valence electrons. The maximum atomic E-state index is 4.34. The Labute approximate surface area is 68.3 Å². The summed E-state index contributed by atoms with van der Waals surface area (Å²) in [6.45, 7) is 3.52. The minimum atomic E-state index is 0.686. The van der Waals surface area contributed by atoms with E-state index in [1.165, 1.54) is 38.8 Å². The molecule has 1 fully saturated rings. The van der Waals surface area contributed by atoms with Crippen molar-refractivity contribution < 1.29 is 0 Å². The normalized spacial score (nSPS) is 32.9. The molecule has 0 amide bonds. The lowest BCUT2D eigenvalue weighted by molar-refractivity contribution is 0.248. The van der Waals surface area contributed by atoms with Crippen LogP contribution in [-0.2, 0) is 0 Å². The fourth-order valence-corrected chi connectivity index (χ4v) is 2.02. The molecule has 0 aromatic rings. The van der Waals surface area contributed by atoms with Crippen molar-refractivity contribution in [2.24, 2.45) is 4.99 Å². The molecule has 2 aliphatic heterocycles. The van der Waals surface area contributed by atoms with E-state index in [-0.39, 0.29) is 0 Å². The quantitative estimate of drug-likeness (QED) is 0.511. The van der Waals surface area contributed by atoms with Crippen molar-refractivity contribution in [2.45, 2.75) is 31.7 Å². The smallest absolute Gasteiger partial charge is 0.0513 e. The number of aliphatic imine (C=N–C) groups is 1. The molecule has 2 heterocycles. The Kier molecular flexibility index (Phi) is 2.22. The molecule has 1 unspecified atom stereocenters. The van der Waals surface area contributed by atoms with Gasteiger partial charge in [-0.3, -0.25) is 9.89 Å². The molecule has 2 nitrogen and oxygen atoms in total. The molecule has 0 radical (unpaired) electrons. The molecule has 2 rings (SSSR count). The van der Waals surface area contributed by atoms with Crippen molar-refractivity contribution in [3.63, 3.8) is 0 Å². The lowest BCUT2D eigenvalue weighted by atomic mass is 10.1. The highest BCUT2D eigenvalue weighted by molar-refractivity contribution is 5.65. The first kappa shape index (κ1) is 7.29. The van der Waals surface area contributed by atoms with Crippen LogP contribution in [0.5, 0.6) is 0 Å². The lowest BCUT2D eigenvalue weighted by Crippen LogP contribution is -2.40. The van der Waals surface area contributed by atoms with Crippen LogP contribution in [-0.4, -0.2) is 36.8 Å². The van der Waals surface area contributed by atoms with E-state index in [9.17, 15) is 0 Å². The summed E-state index contributed by atoms with van der Waals surface area (Å²) in [5.41, 5.74) is 0. The summed E-state index contributed by atoms with van der Waals surface area (Å²) in [6.07, 6.45) is 7.71. The van der Waals surface area contributed by atoms with E-state index >= 15 is 0 Å². The molecule has 0 bridgehead atoms. The highest BCUT2D eigenvalue weighted by Crippen LogP contribution is 2.16. The first-order valence-corrected chi connectivity index (χ1v) is 4.71. The monoisotopic (exact) mass is 152 g/mol. The zero-order chi connectivity index (χ0) is 7.52. The van der Waals surface area contributed by atoms with Gasteiger partial charge in [0.15, 0.2) is 0 Å². The summed E-state index contributed by atoms with van der Waals surface area (Å²) >= 11 is 0.